The summed E-state index contributed by atoms with van der Waals surface area (Å²) >= 11 is 0. The number of hydrogen-bond acceptors (Lipinski definition) is 4. The van der Waals surface area contributed by atoms with Crippen LogP contribution in [-0.2, 0) is 16.2 Å². The van der Waals surface area contributed by atoms with Gasteiger partial charge in [0.15, 0.2) is 0 Å². The van der Waals surface area contributed by atoms with Crippen LogP contribution in [-0.4, -0.2) is 12.5 Å². The lowest BCUT2D eigenvalue weighted by atomic mass is 10.3. The summed E-state index contributed by atoms with van der Waals surface area (Å²) in [6, 6.07) is 1.85. The lowest BCUT2D eigenvalue weighted by molar-refractivity contribution is -0.125. The molecule has 0 fully saturated rings. The van der Waals surface area contributed by atoms with Crippen molar-refractivity contribution < 1.29 is 14.0 Å². The largest absolute Gasteiger partial charge is 0.468 e. The molecule has 0 unspecified atom stereocenters. The molecule has 1 heterocycles. The Morgan fingerprint density at radius 1 is 1.77 bits per heavy atom. The summed E-state index contributed by atoms with van der Waals surface area (Å²) < 4.78 is 5.11. The van der Waals surface area contributed by atoms with E-state index >= 15 is 0 Å². The third-order valence-corrected chi connectivity index (χ3v) is 1.52. The van der Waals surface area contributed by atoms with E-state index in [1.165, 1.54) is 0 Å². The highest BCUT2D eigenvalue weighted by Gasteiger charge is 2.01. The van der Waals surface area contributed by atoms with Crippen LogP contribution in [0.4, 0.5) is 0 Å². The fourth-order valence-corrected chi connectivity index (χ4v) is 0.824. The van der Waals surface area contributed by atoms with Crippen LogP contribution < -0.4 is 11.2 Å². The average molecular weight is 184 g/mol. The minimum atomic E-state index is -0.510. The van der Waals surface area contributed by atoms with Crippen molar-refractivity contribution in [2.75, 3.05) is 6.61 Å². The van der Waals surface area contributed by atoms with Crippen molar-refractivity contribution in [1.29, 1.82) is 0 Å². The molecule has 1 aromatic rings. The van der Waals surface area contributed by atoms with Gasteiger partial charge in [0.05, 0.1) is 12.8 Å². The molecule has 0 bridgehead atoms. The van der Waals surface area contributed by atoms with E-state index < -0.39 is 5.91 Å². The summed E-state index contributed by atoms with van der Waals surface area (Å²) in [7, 11) is 0. The molecule has 0 aromatic carbocycles. The number of amides is 1. The summed E-state index contributed by atoms with van der Waals surface area (Å²) in [5.41, 5.74) is 8.46. The van der Waals surface area contributed by atoms with Gasteiger partial charge in [-0.05, 0) is 18.6 Å². The molecule has 0 saturated heterocycles. The number of carbonyl (C=O) groups excluding carboxylic acids is 1. The molecule has 0 radical (unpaired) electrons. The zero-order valence-corrected chi connectivity index (χ0v) is 7.37. The highest BCUT2D eigenvalue weighted by atomic mass is 16.6. The predicted octanol–water partition coefficient (Wildman–Crippen LogP) is 0.0945. The number of primary amides is 1. The van der Waals surface area contributed by atoms with Gasteiger partial charge in [-0.2, -0.15) is 5.48 Å². The van der Waals surface area contributed by atoms with Crippen LogP contribution in [0.15, 0.2) is 16.7 Å². The number of furan rings is 1. The van der Waals surface area contributed by atoms with Crippen LogP contribution in [0.3, 0.4) is 0 Å². The quantitative estimate of drug-likeness (QED) is 0.502. The fourth-order valence-electron chi connectivity index (χ4n) is 0.824. The van der Waals surface area contributed by atoms with E-state index in [0.29, 0.717) is 6.54 Å². The summed E-state index contributed by atoms with van der Waals surface area (Å²) in [4.78, 5) is 15.0. The van der Waals surface area contributed by atoms with E-state index in [1.807, 2.05) is 13.0 Å². The zero-order chi connectivity index (χ0) is 9.68. The molecule has 5 nitrogen and oxygen atoms in total. The third-order valence-electron chi connectivity index (χ3n) is 1.52. The van der Waals surface area contributed by atoms with E-state index in [-0.39, 0.29) is 6.61 Å². The molecular formula is C8H12N2O3. The molecule has 1 aromatic heterocycles. The molecule has 0 saturated carbocycles. The van der Waals surface area contributed by atoms with E-state index in [1.54, 1.807) is 6.26 Å². The van der Waals surface area contributed by atoms with Crippen LogP contribution in [0.25, 0.3) is 0 Å². The Morgan fingerprint density at radius 3 is 3.08 bits per heavy atom. The standard InChI is InChI=1S/C8H12N2O3/c1-6-2-3-12-7(6)4-10-13-5-8(9)11/h2-3,10H,4-5H2,1H3,(H2,9,11). The number of hydrogen-bond donors (Lipinski definition) is 2. The van der Waals surface area contributed by atoms with Crippen LogP contribution in [0.2, 0.25) is 0 Å². The number of carbonyl (C=O) groups is 1. The first-order valence-electron chi connectivity index (χ1n) is 3.86. The van der Waals surface area contributed by atoms with Gasteiger partial charge < -0.3 is 10.2 Å². The molecule has 0 aliphatic rings. The summed E-state index contributed by atoms with van der Waals surface area (Å²) in [6.07, 6.45) is 1.60. The van der Waals surface area contributed by atoms with E-state index in [0.717, 1.165) is 11.3 Å². The molecule has 0 atom stereocenters. The first-order chi connectivity index (χ1) is 6.20. The monoisotopic (exact) mass is 184 g/mol. The second-order valence-electron chi connectivity index (χ2n) is 2.60. The van der Waals surface area contributed by atoms with Crippen LogP contribution >= 0.6 is 0 Å². The van der Waals surface area contributed by atoms with Crippen molar-refractivity contribution in [2.45, 2.75) is 13.5 Å². The number of nitrogens with two attached hydrogens (primary N) is 1. The van der Waals surface area contributed by atoms with Crippen molar-refractivity contribution in [2.24, 2.45) is 5.73 Å². The Balaban J connectivity index is 2.20. The molecule has 1 amide bonds. The molecule has 1 rings (SSSR count). The van der Waals surface area contributed by atoms with Crippen molar-refractivity contribution in [1.82, 2.24) is 5.48 Å². The van der Waals surface area contributed by atoms with Crippen LogP contribution in [0.5, 0.6) is 0 Å². The van der Waals surface area contributed by atoms with Crippen LogP contribution in [0.1, 0.15) is 11.3 Å². The van der Waals surface area contributed by atoms with Gasteiger partial charge in [0.2, 0.25) is 5.91 Å². The second-order valence-corrected chi connectivity index (χ2v) is 2.60. The van der Waals surface area contributed by atoms with Crippen molar-refractivity contribution in [3.63, 3.8) is 0 Å². The van der Waals surface area contributed by atoms with Crippen molar-refractivity contribution in [3.05, 3.63) is 23.7 Å². The number of nitrogens with one attached hydrogen (secondary N) is 1. The van der Waals surface area contributed by atoms with Crippen molar-refractivity contribution in [3.8, 4) is 0 Å². The molecule has 72 valence electrons. The summed E-state index contributed by atoms with van der Waals surface area (Å²) in [5.74, 6) is 0.271. The number of hydroxylamine groups is 1. The Kier molecular flexibility index (Phi) is 3.48. The van der Waals surface area contributed by atoms with Gasteiger partial charge in [0.25, 0.3) is 0 Å². The number of aryl methyl sites for hydroxylation is 1. The molecule has 13 heavy (non-hydrogen) atoms. The first kappa shape index (κ1) is 9.76. The summed E-state index contributed by atoms with van der Waals surface area (Å²) in [6.45, 7) is 2.21. The lowest BCUT2D eigenvalue weighted by Gasteiger charge is -2.01. The minimum absolute atomic E-state index is 0.139. The Labute approximate surface area is 75.8 Å². The van der Waals surface area contributed by atoms with Gasteiger partial charge in [-0.3, -0.25) is 9.63 Å². The Morgan fingerprint density at radius 2 is 2.54 bits per heavy atom. The molecule has 3 N–H and O–H groups in total. The van der Waals surface area contributed by atoms with E-state index in [9.17, 15) is 4.79 Å². The highest BCUT2D eigenvalue weighted by Crippen LogP contribution is 2.07. The van der Waals surface area contributed by atoms with Crippen LogP contribution in [0, 0.1) is 6.92 Å². The normalized spacial score (nSPS) is 10.2. The van der Waals surface area contributed by atoms with Gasteiger partial charge in [0, 0.05) is 0 Å². The summed E-state index contributed by atoms with van der Waals surface area (Å²) in [5, 5.41) is 0. The topological polar surface area (TPSA) is 77.5 Å². The maximum atomic E-state index is 10.3. The third kappa shape index (κ3) is 3.27. The molecular weight excluding hydrogens is 172 g/mol. The van der Waals surface area contributed by atoms with E-state index in [2.05, 4.69) is 5.48 Å². The lowest BCUT2D eigenvalue weighted by Crippen LogP contribution is -2.24. The second kappa shape index (κ2) is 4.64. The maximum Gasteiger partial charge on any atom is 0.245 e. The van der Waals surface area contributed by atoms with Gasteiger partial charge in [0.1, 0.15) is 12.4 Å². The zero-order valence-electron chi connectivity index (χ0n) is 7.37. The highest BCUT2D eigenvalue weighted by molar-refractivity contribution is 5.74. The fraction of sp³-hybridized carbons (Fsp3) is 0.375. The number of rotatable bonds is 5. The smallest absolute Gasteiger partial charge is 0.245 e. The van der Waals surface area contributed by atoms with Gasteiger partial charge >= 0.3 is 0 Å². The average Bonchev–Trinajstić information content (AvgIpc) is 2.45. The molecule has 0 aliphatic heterocycles. The van der Waals surface area contributed by atoms with Gasteiger partial charge in [-0.1, -0.05) is 0 Å². The predicted molar refractivity (Wildman–Crippen MR) is 45.4 cm³/mol. The molecule has 0 spiro atoms. The van der Waals surface area contributed by atoms with E-state index in [4.69, 9.17) is 15.0 Å². The SMILES string of the molecule is Cc1ccoc1CNOCC(N)=O. The minimum Gasteiger partial charge on any atom is -0.468 e. The van der Waals surface area contributed by atoms with Gasteiger partial charge in [-0.15, -0.1) is 0 Å². The molecule has 0 aliphatic carbocycles. The maximum absolute atomic E-state index is 10.3. The first-order valence-corrected chi connectivity index (χ1v) is 3.86. The Bertz CT molecular complexity index is 283. The molecule has 5 heteroatoms. The van der Waals surface area contributed by atoms with Crippen molar-refractivity contribution >= 4 is 5.91 Å². The van der Waals surface area contributed by atoms with Gasteiger partial charge in [-0.25, -0.2) is 0 Å². The Hall–Kier alpha value is -1.33.